The average Bonchev–Trinajstić information content (AvgIpc) is 2.73. The van der Waals surface area contributed by atoms with Gasteiger partial charge in [0.05, 0.1) is 12.1 Å². The van der Waals surface area contributed by atoms with Crippen molar-refractivity contribution in [2.75, 3.05) is 25.0 Å². The zero-order valence-electron chi connectivity index (χ0n) is 16.9. The number of anilines is 1. The Bertz CT molecular complexity index is 1150. The normalized spacial score (nSPS) is 17.4. The Labute approximate surface area is 181 Å². The monoisotopic (exact) mass is 446 g/mol. The number of hydrogen-bond donors (Lipinski definition) is 3. The molecule has 0 spiro atoms. The minimum absolute atomic E-state index is 0.0221. The van der Waals surface area contributed by atoms with Crippen molar-refractivity contribution in [3.05, 3.63) is 48.0 Å². The van der Waals surface area contributed by atoms with Crippen molar-refractivity contribution >= 4 is 22.6 Å². The Morgan fingerprint density at radius 1 is 1.16 bits per heavy atom. The van der Waals surface area contributed by atoms with E-state index in [4.69, 9.17) is 5.11 Å². The number of hydrogen-bond acceptors (Lipinski definition) is 6. The summed E-state index contributed by atoms with van der Waals surface area (Å²) < 4.78 is 38.8. The number of aliphatic carboxylic acids is 1. The lowest BCUT2D eigenvalue weighted by molar-refractivity contribution is -0.139. The fraction of sp³-hybridized carbons (Fsp3) is 0.318. The van der Waals surface area contributed by atoms with Gasteiger partial charge in [-0.05, 0) is 37.6 Å². The molecule has 1 aliphatic rings. The summed E-state index contributed by atoms with van der Waals surface area (Å²) in [6, 6.07) is 9.90. The summed E-state index contributed by atoms with van der Waals surface area (Å²) in [4.78, 5) is 12.9. The van der Waals surface area contributed by atoms with Crippen LogP contribution in [0.15, 0.2) is 42.5 Å². The van der Waals surface area contributed by atoms with Crippen LogP contribution in [0.3, 0.4) is 0 Å². The van der Waals surface area contributed by atoms with E-state index < -0.39 is 23.5 Å². The largest absolute Gasteiger partial charge is 0.507 e. The number of rotatable bonds is 5. The third kappa shape index (κ3) is 4.59. The lowest BCUT2D eigenvalue weighted by atomic mass is 10.0. The summed E-state index contributed by atoms with van der Waals surface area (Å²) in [6.45, 7) is 1.23. The zero-order valence-corrected chi connectivity index (χ0v) is 16.9. The van der Waals surface area contributed by atoms with Crippen LogP contribution in [0.5, 0.6) is 5.75 Å². The fourth-order valence-corrected chi connectivity index (χ4v) is 4.02. The van der Waals surface area contributed by atoms with Crippen LogP contribution >= 0.6 is 0 Å². The van der Waals surface area contributed by atoms with E-state index >= 15 is 0 Å². The van der Waals surface area contributed by atoms with Crippen LogP contribution in [0.4, 0.5) is 19.0 Å². The smallest absolute Gasteiger partial charge is 0.416 e. The highest BCUT2D eigenvalue weighted by molar-refractivity contribution is 6.00. The lowest BCUT2D eigenvalue weighted by Crippen LogP contribution is -2.44. The number of phenolic OH excluding ortho intramolecular Hbond substituents is 1. The van der Waals surface area contributed by atoms with Gasteiger partial charge in [0, 0.05) is 28.9 Å². The lowest BCUT2D eigenvalue weighted by Gasteiger charge is -2.32. The van der Waals surface area contributed by atoms with Gasteiger partial charge in [0.2, 0.25) is 0 Å². The number of carboxylic acids is 1. The van der Waals surface area contributed by atoms with Gasteiger partial charge in [-0.25, -0.2) is 0 Å². The van der Waals surface area contributed by atoms with Gasteiger partial charge in [0.15, 0.2) is 5.82 Å². The van der Waals surface area contributed by atoms with Crippen molar-refractivity contribution < 1.29 is 28.2 Å². The van der Waals surface area contributed by atoms with Gasteiger partial charge in [-0.15, -0.1) is 10.2 Å². The summed E-state index contributed by atoms with van der Waals surface area (Å²) >= 11 is 0. The molecule has 1 fully saturated rings. The molecular weight excluding hydrogens is 425 g/mol. The third-order valence-electron chi connectivity index (χ3n) is 5.47. The molecule has 4 rings (SSSR count). The van der Waals surface area contributed by atoms with E-state index in [1.165, 1.54) is 6.07 Å². The van der Waals surface area contributed by atoms with E-state index in [0.29, 0.717) is 35.7 Å². The molecule has 0 aliphatic carbocycles. The number of nitrogens with zero attached hydrogens (tertiary/aromatic N) is 3. The molecule has 1 unspecified atom stereocenters. The predicted octanol–water partition coefficient (Wildman–Crippen LogP) is 3.98. The zero-order chi connectivity index (χ0) is 22.9. The van der Waals surface area contributed by atoms with Crippen molar-refractivity contribution in [2.45, 2.75) is 25.1 Å². The first-order valence-corrected chi connectivity index (χ1v) is 10.1. The molecule has 0 amide bonds. The molecule has 1 atom stereocenters. The first kappa shape index (κ1) is 21.8. The van der Waals surface area contributed by atoms with Crippen LogP contribution in [0.2, 0.25) is 0 Å². The van der Waals surface area contributed by atoms with Crippen LogP contribution in [0, 0.1) is 0 Å². The second-order valence-electron chi connectivity index (χ2n) is 7.78. The van der Waals surface area contributed by atoms with Gasteiger partial charge in [0.1, 0.15) is 11.4 Å². The van der Waals surface area contributed by atoms with E-state index in [1.807, 2.05) is 17.0 Å². The van der Waals surface area contributed by atoms with Crippen molar-refractivity contribution in [2.24, 2.45) is 0 Å². The minimum Gasteiger partial charge on any atom is -0.507 e. The molecule has 168 valence electrons. The number of nitrogens with one attached hydrogen (secondary N) is 1. The molecule has 0 saturated carbocycles. The van der Waals surface area contributed by atoms with Gasteiger partial charge in [-0.2, -0.15) is 13.2 Å². The van der Waals surface area contributed by atoms with Gasteiger partial charge in [-0.3, -0.25) is 9.69 Å². The molecule has 0 bridgehead atoms. The summed E-state index contributed by atoms with van der Waals surface area (Å²) in [5.41, 5.74) is -0.524. The number of fused-ring (bicyclic) bond motifs is 1. The maximum Gasteiger partial charge on any atom is 0.416 e. The standard InChI is InChI=1S/C22H21F3N4O3/c23-22(24,25)13-7-8-17(18(30)10-13)20-15-5-1-2-6-16(15)21(28-27-20)26-14-4-3-9-29(11-14)12-19(31)32/h1-2,5-8,10,14,30H,3-4,9,11-12H2,(H,26,28)(H,31,32). The van der Waals surface area contributed by atoms with Crippen LogP contribution in [-0.2, 0) is 11.0 Å². The maximum absolute atomic E-state index is 12.9. The summed E-state index contributed by atoms with van der Waals surface area (Å²) in [7, 11) is 0. The molecule has 3 N–H and O–H groups in total. The number of likely N-dealkylation sites (tertiary alicyclic amines) is 1. The molecule has 2 heterocycles. The number of benzene rings is 2. The number of aromatic nitrogens is 2. The third-order valence-corrected chi connectivity index (χ3v) is 5.47. The minimum atomic E-state index is -4.56. The van der Waals surface area contributed by atoms with Gasteiger partial charge in [0.25, 0.3) is 0 Å². The molecule has 7 nitrogen and oxygen atoms in total. The second-order valence-corrected chi connectivity index (χ2v) is 7.78. The Morgan fingerprint density at radius 2 is 1.91 bits per heavy atom. The highest BCUT2D eigenvalue weighted by atomic mass is 19.4. The predicted molar refractivity (Wildman–Crippen MR) is 112 cm³/mol. The maximum atomic E-state index is 12.9. The van der Waals surface area contributed by atoms with Gasteiger partial charge >= 0.3 is 12.1 Å². The first-order valence-electron chi connectivity index (χ1n) is 10.1. The van der Waals surface area contributed by atoms with Crippen LogP contribution in [0.25, 0.3) is 22.0 Å². The molecule has 10 heteroatoms. The highest BCUT2D eigenvalue weighted by Gasteiger charge is 2.31. The van der Waals surface area contributed by atoms with Crippen molar-refractivity contribution in [3.8, 4) is 17.0 Å². The Morgan fingerprint density at radius 3 is 2.59 bits per heavy atom. The average molecular weight is 446 g/mol. The second kappa shape index (κ2) is 8.62. The quantitative estimate of drug-likeness (QED) is 0.545. The highest BCUT2D eigenvalue weighted by Crippen LogP contribution is 2.38. The Balaban J connectivity index is 1.66. The number of aromatic hydroxyl groups is 1. The Kier molecular flexibility index (Phi) is 5.88. The number of phenols is 1. The number of alkyl halides is 3. The number of carboxylic acid groups (broad SMARTS) is 1. The fourth-order valence-electron chi connectivity index (χ4n) is 4.02. The molecule has 0 radical (unpaired) electrons. The Hall–Kier alpha value is -3.40. The van der Waals surface area contributed by atoms with Crippen molar-refractivity contribution in [1.82, 2.24) is 15.1 Å². The molecule has 1 aromatic heterocycles. The van der Waals surface area contributed by atoms with Crippen molar-refractivity contribution in [3.63, 3.8) is 0 Å². The number of carbonyl (C=O) groups is 1. The van der Waals surface area contributed by atoms with E-state index in [2.05, 4.69) is 15.5 Å². The van der Waals surface area contributed by atoms with Gasteiger partial charge in [-0.1, -0.05) is 24.3 Å². The molecule has 32 heavy (non-hydrogen) atoms. The van der Waals surface area contributed by atoms with E-state index in [9.17, 15) is 23.1 Å². The van der Waals surface area contributed by atoms with Crippen LogP contribution < -0.4 is 5.32 Å². The SMILES string of the molecule is O=C(O)CN1CCCC(Nc2nnc(-c3ccc(C(F)(F)F)cc3O)c3ccccc23)C1. The first-order chi connectivity index (χ1) is 15.2. The van der Waals surface area contributed by atoms with E-state index in [-0.39, 0.29) is 23.8 Å². The van der Waals surface area contributed by atoms with E-state index in [1.54, 1.807) is 12.1 Å². The number of halogens is 3. The topological polar surface area (TPSA) is 98.6 Å². The van der Waals surface area contributed by atoms with E-state index in [0.717, 1.165) is 18.9 Å². The van der Waals surface area contributed by atoms with Crippen LogP contribution in [0.1, 0.15) is 18.4 Å². The molecule has 2 aromatic carbocycles. The molecule has 3 aromatic rings. The number of piperidine rings is 1. The summed E-state index contributed by atoms with van der Waals surface area (Å²) in [5.74, 6) is -0.911. The summed E-state index contributed by atoms with van der Waals surface area (Å²) in [5, 5.41) is 32.4. The van der Waals surface area contributed by atoms with Crippen LogP contribution in [-0.4, -0.2) is 57.0 Å². The van der Waals surface area contributed by atoms with Gasteiger partial charge < -0.3 is 15.5 Å². The molecular formula is C22H21F3N4O3. The van der Waals surface area contributed by atoms with Crippen molar-refractivity contribution in [1.29, 1.82) is 0 Å². The molecule has 1 aliphatic heterocycles. The summed E-state index contributed by atoms with van der Waals surface area (Å²) in [6.07, 6.45) is -2.88. The molecule has 1 saturated heterocycles.